The van der Waals surface area contributed by atoms with Crippen LogP contribution >= 0.6 is 11.3 Å². The molecule has 0 saturated heterocycles. The number of aromatic amines is 2. The zero-order chi connectivity index (χ0) is 13.3. The van der Waals surface area contributed by atoms with Crippen LogP contribution in [-0.2, 0) is 16.6 Å². The Hall–Kier alpha value is -1.45. The van der Waals surface area contributed by atoms with Gasteiger partial charge < -0.3 is 9.97 Å². The minimum atomic E-state index is -3.66. The molecule has 2 heterocycles. The van der Waals surface area contributed by atoms with E-state index >= 15 is 0 Å². The fraction of sp³-hybridized carbons (Fsp3) is 0.333. The van der Waals surface area contributed by atoms with Crippen molar-refractivity contribution < 1.29 is 8.42 Å². The van der Waals surface area contributed by atoms with Gasteiger partial charge in [0.15, 0.2) is 4.21 Å². The first-order valence-corrected chi connectivity index (χ1v) is 7.31. The third kappa shape index (κ3) is 2.37. The maximum Gasteiger partial charge on any atom is 0.305 e. The smallest absolute Gasteiger partial charge is 0.305 e. The molecule has 2 N–H and O–H groups in total. The Labute approximate surface area is 108 Å². The first kappa shape index (κ1) is 13.0. The minimum absolute atomic E-state index is 0.0431. The molecule has 0 radical (unpaired) electrons. The lowest BCUT2D eigenvalue weighted by Gasteiger charge is -2.14. The number of imidazole rings is 1. The Morgan fingerprint density at radius 3 is 2.72 bits per heavy atom. The van der Waals surface area contributed by atoms with E-state index in [0.29, 0.717) is 22.9 Å². The lowest BCUT2D eigenvalue weighted by molar-refractivity contribution is 0.459. The van der Waals surface area contributed by atoms with Gasteiger partial charge in [0.1, 0.15) is 5.82 Å². The normalized spacial score (nSPS) is 12.2. The molecule has 0 spiro atoms. The van der Waals surface area contributed by atoms with Crippen molar-refractivity contribution in [2.24, 2.45) is 0 Å². The van der Waals surface area contributed by atoms with Crippen molar-refractivity contribution in [3.05, 3.63) is 33.6 Å². The van der Waals surface area contributed by atoms with E-state index in [0.717, 1.165) is 4.31 Å². The van der Waals surface area contributed by atoms with Crippen molar-refractivity contribution >= 4 is 21.4 Å². The Morgan fingerprint density at radius 1 is 1.50 bits per heavy atom. The van der Waals surface area contributed by atoms with Crippen LogP contribution in [0.5, 0.6) is 0 Å². The van der Waals surface area contributed by atoms with Crippen LogP contribution in [0.1, 0.15) is 11.5 Å². The largest absolute Gasteiger partial charge is 0.347 e. The number of hydrogen-bond acceptors (Lipinski definition) is 5. The standard InChI is InChI=1S/C9H12N4O3S2/c1-6-8(17-9(14)12-6)18(15,16)13(2)5-7-10-3-4-11-7/h3-4H,5H2,1-2H3,(H,10,11)(H,12,14). The molecule has 18 heavy (non-hydrogen) atoms. The molecule has 0 unspecified atom stereocenters. The van der Waals surface area contributed by atoms with E-state index in [-0.39, 0.29) is 15.6 Å². The Balaban J connectivity index is 2.31. The molecule has 0 bridgehead atoms. The highest BCUT2D eigenvalue weighted by Crippen LogP contribution is 2.20. The van der Waals surface area contributed by atoms with Gasteiger partial charge in [-0.1, -0.05) is 11.3 Å². The predicted octanol–water partition coefficient (Wildman–Crippen LogP) is 0.289. The fourth-order valence-corrected chi connectivity index (χ4v) is 4.08. The van der Waals surface area contributed by atoms with Crippen molar-refractivity contribution in [2.75, 3.05) is 7.05 Å². The van der Waals surface area contributed by atoms with Crippen molar-refractivity contribution in [2.45, 2.75) is 17.7 Å². The van der Waals surface area contributed by atoms with Gasteiger partial charge in [0.05, 0.1) is 6.54 Å². The molecule has 0 saturated carbocycles. The van der Waals surface area contributed by atoms with E-state index in [2.05, 4.69) is 15.0 Å². The molecule has 0 amide bonds. The number of rotatable bonds is 4. The quantitative estimate of drug-likeness (QED) is 0.844. The van der Waals surface area contributed by atoms with Crippen LogP contribution in [0, 0.1) is 6.92 Å². The van der Waals surface area contributed by atoms with Gasteiger partial charge >= 0.3 is 4.87 Å². The number of hydrogen-bond donors (Lipinski definition) is 2. The summed E-state index contributed by atoms with van der Waals surface area (Å²) in [7, 11) is -2.22. The summed E-state index contributed by atoms with van der Waals surface area (Å²) in [4.78, 5) is 20.0. The first-order chi connectivity index (χ1) is 8.41. The molecule has 0 atom stereocenters. The molecule has 0 fully saturated rings. The highest BCUT2D eigenvalue weighted by atomic mass is 32.2. The van der Waals surface area contributed by atoms with Crippen molar-refractivity contribution in [3.63, 3.8) is 0 Å². The van der Waals surface area contributed by atoms with Gasteiger partial charge in [-0.15, -0.1) is 0 Å². The summed E-state index contributed by atoms with van der Waals surface area (Å²) >= 11 is 0.691. The second-order valence-electron chi connectivity index (χ2n) is 3.72. The minimum Gasteiger partial charge on any atom is -0.347 e. The number of nitrogens with zero attached hydrogens (tertiary/aromatic N) is 2. The van der Waals surface area contributed by atoms with Crippen LogP contribution < -0.4 is 4.87 Å². The number of aromatic nitrogens is 3. The van der Waals surface area contributed by atoms with E-state index in [1.807, 2.05) is 0 Å². The van der Waals surface area contributed by atoms with Crippen molar-refractivity contribution in [1.29, 1.82) is 0 Å². The predicted molar refractivity (Wildman–Crippen MR) is 66.9 cm³/mol. The van der Waals surface area contributed by atoms with E-state index < -0.39 is 10.0 Å². The summed E-state index contributed by atoms with van der Waals surface area (Å²) in [5.41, 5.74) is 0.358. The van der Waals surface area contributed by atoms with Gasteiger partial charge in [-0.05, 0) is 6.92 Å². The molecule has 0 aliphatic carbocycles. The second-order valence-corrected chi connectivity index (χ2v) is 6.95. The summed E-state index contributed by atoms with van der Waals surface area (Å²) < 4.78 is 25.7. The summed E-state index contributed by atoms with van der Waals surface area (Å²) in [6.07, 6.45) is 3.17. The number of thiazole rings is 1. The summed E-state index contributed by atoms with van der Waals surface area (Å²) in [6, 6.07) is 0. The average molecular weight is 288 g/mol. The topological polar surface area (TPSA) is 98.9 Å². The molecule has 0 aliphatic rings. The maximum atomic E-state index is 12.2. The Morgan fingerprint density at radius 2 is 2.22 bits per heavy atom. The lowest BCUT2D eigenvalue weighted by atomic mass is 10.6. The van der Waals surface area contributed by atoms with Crippen LogP contribution in [0.3, 0.4) is 0 Å². The monoisotopic (exact) mass is 288 g/mol. The molecular weight excluding hydrogens is 276 g/mol. The van der Waals surface area contributed by atoms with E-state index in [9.17, 15) is 13.2 Å². The Bertz CT molecular complexity index is 684. The van der Waals surface area contributed by atoms with Crippen LogP contribution in [-0.4, -0.2) is 34.7 Å². The molecular formula is C9H12N4O3S2. The lowest BCUT2D eigenvalue weighted by Crippen LogP contribution is -2.26. The van der Waals surface area contributed by atoms with Crippen molar-refractivity contribution in [1.82, 2.24) is 19.3 Å². The second kappa shape index (κ2) is 4.67. The van der Waals surface area contributed by atoms with E-state index in [1.54, 1.807) is 19.3 Å². The number of H-pyrrole nitrogens is 2. The Kier molecular flexibility index (Phi) is 3.37. The zero-order valence-corrected chi connectivity index (χ0v) is 11.4. The zero-order valence-electron chi connectivity index (χ0n) is 9.80. The van der Waals surface area contributed by atoms with Gasteiger partial charge in [0.2, 0.25) is 0 Å². The van der Waals surface area contributed by atoms with Gasteiger partial charge in [0, 0.05) is 25.1 Å². The molecule has 9 heteroatoms. The fourth-order valence-electron chi connectivity index (χ4n) is 1.46. The van der Waals surface area contributed by atoms with Crippen LogP contribution in [0.25, 0.3) is 0 Å². The summed E-state index contributed by atoms with van der Waals surface area (Å²) in [5.74, 6) is 0.543. The molecule has 7 nitrogen and oxygen atoms in total. The van der Waals surface area contributed by atoms with E-state index in [4.69, 9.17) is 0 Å². The molecule has 2 aromatic heterocycles. The molecule has 0 aliphatic heterocycles. The average Bonchev–Trinajstić information content (AvgIpc) is 2.88. The third-order valence-electron chi connectivity index (χ3n) is 2.35. The summed E-state index contributed by atoms with van der Waals surface area (Å²) in [6.45, 7) is 1.69. The van der Waals surface area contributed by atoms with Gasteiger partial charge in [0.25, 0.3) is 10.0 Å². The number of sulfonamides is 1. The van der Waals surface area contributed by atoms with E-state index in [1.165, 1.54) is 7.05 Å². The van der Waals surface area contributed by atoms with Crippen LogP contribution in [0.15, 0.2) is 21.4 Å². The number of aryl methyl sites for hydroxylation is 1. The van der Waals surface area contributed by atoms with Crippen LogP contribution in [0.2, 0.25) is 0 Å². The van der Waals surface area contributed by atoms with Gasteiger partial charge in [-0.25, -0.2) is 13.4 Å². The highest BCUT2D eigenvalue weighted by Gasteiger charge is 2.26. The van der Waals surface area contributed by atoms with Crippen LogP contribution in [0.4, 0.5) is 0 Å². The highest BCUT2D eigenvalue weighted by molar-refractivity contribution is 7.91. The maximum absolute atomic E-state index is 12.2. The number of nitrogens with one attached hydrogen (secondary N) is 2. The SMILES string of the molecule is Cc1[nH]c(=O)sc1S(=O)(=O)N(C)Cc1ncc[nH]1. The first-order valence-electron chi connectivity index (χ1n) is 5.05. The molecule has 98 valence electrons. The van der Waals surface area contributed by atoms with Gasteiger partial charge in [-0.3, -0.25) is 4.79 Å². The molecule has 2 rings (SSSR count). The molecule has 2 aromatic rings. The van der Waals surface area contributed by atoms with Crippen molar-refractivity contribution in [3.8, 4) is 0 Å². The third-order valence-corrected chi connectivity index (χ3v) is 5.74. The van der Waals surface area contributed by atoms with Gasteiger partial charge in [-0.2, -0.15) is 4.31 Å². The summed E-state index contributed by atoms with van der Waals surface area (Å²) in [5, 5.41) is 0. The molecule has 0 aromatic carbocycles.